The molecule has 2 aliphatic rings. The minimum atomic E-state index is -5.09. The highest BCUT2D eigenvalue weighted by molar-refractivity contribution is 7.47. The average Bonchev–Trinajstić information content (AvgIpc) is 3.69. The molecule has 0 saturated carbocycles. The van der Waals surface area contributed by atoms with Gasteiger partial charge in [0.05, 0.1) is 25.9 Å². The van der Waals surface area contributed by atoms with Gasteiger partial charge >= 0.3 is 7.82 Å². The van der Waals surface area contributed by atoms with Gasteiger partial charge in [0.15, 0.2) is 41.3 Å². The maximum Gasteiger partial charge on any atom is 0.472 e. The van der Waals surface area contributed by atoms with E-state index in [0.717, 1.165) is 17.2 Å². The van der Waals surface area contributed by atoms with Crippen molar-refractivity contribution in [1.29, 1.82) is 0 Å². The van der Waals surface area contributed by atoms with E-state index in [0.29, 0.717) is 0 Å². The standard InChI is InChI=1S/C20H24FN10O10P/c21-8-13(6(1-32)39-18(8)30-4-26-9-14(22)24-3-25-15(9)30)41-42(36,37)38-2-7-11(33)12(34)19(40-7)31-5-27-10-16(31)28-20(23)29-17(10)35/h3-8,11-13,18-19,32-34H,1-2H2,(H,36,37)(H2,22,24,25)(H3,23,28,29,35)/t6-,7-,8?,11?,12?,13?,18-,19-/m1/s1. The van der Waals surface area contributed by atoms with Crippen molar-refractivity contribution in [2.45, 2.75) is 49.1 Å². The number of phosphoric acid groups is 1. The molecule has 42 heavy (non-hydrogen) atoms. The highest BCUT2D eigenvalue weighted by Crippen LogP contribution is 2.50. The van der Waals surface area contributed by atoms with Crippen LogP contribution < -0.4 is 17.0 Å². The number of alkyl halides is 1. The second-order valence-corrected chi connectivity index (χ2v) is 10.8. The molecule has 2 aliphatic heterocycles. The molecule has 0 bridgehead atoms. The van der Waals surface area contributed by atoms with E-state index in [1.165, 1.54) is 10.9 Å². The number of hydrogen-bond donors (Lipinski definition) is 7. The zero-order valence-corrected chi connectivity index (χ0v) is 22.0. The van der Waals surface area contributed by atoms with Crippen LogP contribution in [0.2, 0.25) is 0 Å². The molecule has 22 heteroatoms. The van der Waals surface area contributed by atoms with Crippen molar-refractivity contribution >= 4 is 41.9 Å². The number of nitrogens with zero attached hydrogens (tertiary/aromatic N) is 7. The van der Waals surface area contributed by atoms with Crippen LogP contribution in [-0.2, 0) is 23.1 Å². The first-order chi connectivity index (χ1) is 20.0. The number of nitrogens with two attached hydrogens (primary N) is 2. The van der Waals surface area contributed by atoms with Crippen LogP contribution in [0.5, 0.6) is 0 Å². The lowest BCUT2D eigenvalue weighted by molar-refractivity contribution is -0.0585. The van der Waals surface area contributed by atoms with Gasteiger partial charge in [0.1, 0.15) is 42.4 Å². The zero-order chi connectivity index (χ0) is 29.9. The number of rotatable bonds is 8. The smallest absolute Gasteiger partial charge is 0.394 e. The van der Waals surface area contributed by atoms with Crippen LogP contribution in [0.3, 0.4) is 0 Å². The van der Waals surface area contributed by atoms with E-state index in [2.05, 4.69) is 29.9 Å². The minimum Gasteiger partial charge on any atom is -0.394 e. The number of phosphoric ester groups is 1. The molecule has 9 atom stereocenters. The Morgan fingerprint density at radius 1 is 1.02 bits per heavy atom. The van der Waals surface area contributed by atoms with Crippen LogP contribution in [0.1, 0.15) is 12.5 Å². The van der Waals surface area contributed by atoms with Gasteiger partial charge in [-0.05, 0) is 0 Å². The Morgan fingerprint density at radius 3 is 2.45 bits per heavy atom. The van der Waals surface area contributed by atoms with Gasteiger partial charge in [0.25, 0.3) is 5.56 Å². The van der Waals surface area contributed by atoms with Gasteiger partial charge in [-0.15, -0.1) is 0 Å². The number of anilines is 2. The summed E-state index contributed by atoms with van der Waals surface area (Å²) in [5.41, 5.74) is 10.8. The van der Waals surface area contributed by atoms with Gasteiger partial charge in [0, 0.05) is 0 Å². The van der Waals surface area contributed by atoms with E-state index in [-0.39, 0.29) is 34.1 Å². The van der Waals surface area contributed by atoms with Crippen molar-refractivity contribution in [3.05, 3.63) is 29.3 Å². The summed E-state index contributed by atoms with van der Waals surface area (Å²) in [6.07, 6.45) is -9.31. The first-order valence-corrected chi connectivity index (χ1v) is 13.7. The monoisotopic (exact) mass is 614 g/mol. The fourth-order valence-electron chi connectivity index (χ4n) is 4.82. The van der Waals surface area contributed by atoms with E-state index < -0.39 is 75.7 Å². The molecule has 0 amide bonds. The lowest BCUT2D eigenvalue weighted by atomic mass is 10.1. The Morgan fingerprint density at radius 2 is 1.71 bits per heavy atom. The number of H-pyrrole nitrogens is 1. The van der Waals surface area contributed by atoms with Crippen molar-refractivity contribution in [2.75, 3.05) is 24.7 Å². The molecule has 20 nitrogen and oxygen atoms in total. The van der Waals surface area contributed by atoms with E-state index in [9.17, 15) is 29.6 Å². The number of hydrogen-bond acceptors (Lipinski definition) is 16. The molecule has 4 aromatic rings. The molecule has 0 spiro atoms. The van der Waals surface area contributed by atoms with Crippen LogP contribution in [0.15, 0.2) is 23.8 Å². The van der Waals surface area contributed by atoms with Gasteiger partial charge in [-0.2, -0.15) is 4.98 Å². The van der Waals surface area contributed by atoms with Crippen LogP contribution in [-0.4, -0.2) is 109 Å². The maximum atomic E-state index is 15.5. The molecule has 6 rings (SSSR count). The minimum absolute atomic E-state index is 0.0332. The molecular formula is C20H24FN10O10P. The third kappa shape index (κ3) is 4.79. The fourth-order valence-corrected chi connectivity index (χ4v) is 5.78. The molecular weight excluding hydrogens is 590 g/mol. The second-order valence-electron chi connectivity index (χ2n) is 9.43. The summed E-state index contributed by atoms with van der Waals surface area (Å²) in [4.78, 5) is 44.4. The van der Waals surface area contributed by atoms with Crippen molar-refractivity contribution in [1.82, 2.24) is 39.0 Å². The number of halogens is 1. The Kier molecular flexibility index (Phi) is 7.15. The molecule has 2 fully saturated rings. The number of nitrogen functional groups attached to an aromatic ring is 2. The predicted octanol–water partition coefficient (Wildman–Crippen LogP) is -2.53. The SMILES string of the molecule is Nc1nc2c(ncn2[C@@H]2O[C@H](COP(=O)(O)OC3C(F)[C@H](n4cnc5c(N)ncnc54)O[C@@H]3CO)C(O)C2O)c(=O)[nH]1. The van der Waals surface area contributed by atoms with Gasteiger partial charge in [-0.25, -0.2) is 28.9 Å². The summed E-state index contributed by atoms with van der Waals surface area (Å²) in [5.74, 6) is -0.199. The van der Waals surface area contributed by atoms with Crippen LogP contribution >= 0.6 is 7.82 Å². The number of aliphatic hydroxyl groups is 3. The Hall–Kier alpha value is -3.66. The molecule has 0 aromatic carbocycles. The molecule has 4 aromatic heterocycles. The van der Waals surface area contributed by atoms with Crippen molar-refractivity contribution in [2.24, 2.45) is 0 Å². The number of fused-ring (bicyclic) bond motifs is 2. The van der Waals surface area contributed by atoms with Crippen molar-refractivity contribution in [3.63, 3.8) is 0 Å². The van der Waals surface area contributed by atoms with E-state index >= 15 is 4.39 Å². The summed E-state index contributed by atoms with van der Waals surface area (Å²) >= 11 is 0. The van der Waals surface area contributed by atoms with Crippen LogP contribution in [0.25, 0.3) is 22.3 Å². The van der Waals surface area contributed by atoms with Crippen LogP contribution in [0, 0.1) is 0 Å². The number of nitrogens with one attached hydrogen (secondary N) is 1. The number of imidazole rings is 2. The van der Waals surface area contributed by atoms with Crippen LogP contribution in [0.4, 0.5) is 16.2 Å². The summed E-state index contributed by atoms with van der Waals surface area (Å²) in [6.45, 7) is -1.59. The highest BCUT2D eigenvalue weighted by Gasteiger charge is 2.51. The summed E-state index contributed by atoms with van der Waals surface area (Å²) < 4.78 is 51.8. The lowest BCUT2D eigenvalue weighted by Gasteiger charge is -2.22. The summed E-state index contributed by atoms with van der Waals surface area (Å²) in [5, 5.41) is 30.8. The Bertz CT molecular complexity index is 1730. The lowest BCUT2D eigenvalue weighted by Crippen LogP contribution is -2.35. The summed E-state index contributed by atoms with van der Waals surface area (Å²) in [6, 6.07) is 0. The Balaban J connectivity index is 1.14. The fraction of sp³-hybridized carbons (Fsp3) is 0.500. The molecule has 5 unspecified atom stereocenters. The molecule has 2 saturated heterocycles. The van der Waals surface area contributed by atoms with E-state index in [4.69, 9.17) is 30.0 Å². The van der Waals surface area contributed by atoms with E-state index in [1.807, 2.05) is 0 Å². The molecule has 6 heterocycles. The largest absolute Gasteiger partial charge is 0.472 e. The number of ether oxygens (including phenoxy) is 2. The number of aromatic nitrogens is 8. The zero-order valence-electron chi connectivity index (χ0n) is 21.1. The Labute approximate surface area is 232 Å². The van der Waals surface area contributed by atoms with Crippen molar-refractivity contribution < 1.29 is 47.7 Å². The average molecular weight is 614 g/mol. The molecule has 9 N–H and O–H groups in total. The highest BCUT2D eigenvalue weighted by atomic mass is 31.2. The molecule has 0 radical (unpaired) electrons. The number of aromatic amines is 1. The maximum absolute atomic E-state index is 15.5. The van der Waals surface area contributed by atoms with Crippen molar-refractivity contribution in [3.8, 4) is 0 Å². The number of aliphatic hydroxyl groups excluding tert-OH is 3. The first-order valence-electron chi connectivity index (χ1n) is 12.2. The predicted molar refractivity (Wildman–Crippen MR) is 135 cm³/mol. The third-order valence-corrected chi connectivity index (χ3v) is 7.81. The van der Waals surface area contributed by atoms with Gasteiger partial charge in [-0.3, -0.25) is 28.0 Å². The molecule has 0 aliphatic carbocycles. The van der Waals surface area contributed by atoms with E-state index in [1.54, 1.807) is 0 Å². The van der Waals surface area contributed by atoms with Gasteiger partial charge in [0.2, 0.25) is 5.95 Å². The first kappa shape index (κ1) is 28.5. The summed E-state index contributed by atoms with van der Waals surface area (Å²) in [7, 11) is -5.09. The van der Waals surface area contributed by atoms with Gasteiger partial charge in [-0.1, -0.05) is 0 Å². The topological polar surface area (TPSA) is 294 Å². The molecule has 226 valence electrons. The third-order valence-electron chi connectivity index (χ3n) is 6.83. The quantitative estimate of drug-likeness (QED) is 0.101. The normalized spacial score (nSPS) is 31.3. The van der Waals surface area contributed by atoms with Gasteiger partial charge < -0.3 is 41.2 Å². The second kappa shape index (κ2) is 10.6.